The number of amides is 1. The van der Waals surface area contributed by atoms with Crippen LogP contribution in [-0.2, 0) is 33.7 Å². The molecule has 1 amide bonds. The van der Waals surface area contributed by atoms with E-state index in [1.165, 1.54) is 16.7 Å². The first-order valence-electron chi connectivity index (χ1n) is 9.05. The summed E-state index contributed by atoms with van der Waals surface area (Å²) in [4.78, 5) is 26.6. The number of carbonyl (C=O) groups is 2. The summed E-state index contributed by atoms with van der Waals surface area (Å²) in [5.74, 6) is -0.501. The summed E-state index contributed by atoms with van der Waals surface area (Å²) in [6.07, 6.45) is 0.256. The SMILES string of the molecule is Cc1ccc(CC(=O)O[C@H](C)C(=O)N2CCc3ccccc3C2)cc1C. The van der Waals surface area contributed by atoms with Crippen LogP contribution in [0.15, 0.2) is 42.5 Å². The van der Waals surface area contributed by atoms with Crippen molar-refractivity contribution >= 4 is 11.9 Å². The lowest BCUT2D eigenvalue weighted by Gasteiger charge is -2.30. The first-order chi connectivity index (χ1) is 12.4. The Morgan fingerprint density at radius 2 is 1.81 bits per heavy atom. The molecule has 0 aromatic heterocycles. The lowest BCUT2D eigenvalue weighted by molar-refractivity contribution is -0.159. The van der Waals surface area contributed by atoms with Crippen LogP contribution in [-0.4, -0.2) is 29.4 Å². The molecule has 0 radical (unpaired) electrons. The molecule has 136 valence electrons. The number of hydrogen-bond acceptors (Lipinski definition) is 3. The number of ether oxygens (including phenoxy) is 1. The molecule has 0 aliphatic carbocycles. The summed E-state index contributed by atoms with van der Waals surface area (Å²) in [7, 11) is 0. The molecule has 4 nitrogen and oxygen atoms in total. The monoisotopic (exact) mass is 351 g/mol. The summed E-state index contributed by atoms with van der Waals surface area (Å²) in [6.45, 7) is 6.95. The largest absolute Gasteiger partial charge is 0.452 e. The minimum atomic E-state index is -0.765. The van der Waals surface area contributed by atoms with Crippen molar-refractivity contribution in [1.29, 1.82) is 0 Å². The molecule has 0 N–H and O–H groups in total. The van der Waals surface area contributed by atoms with E-state index in [4.69, 9.17) is 4.74 Å². The molecule has 2 aromatic carbocycles. The third kappa shape index (κ3) is 4.13. The van der Waals surface area contributed by atoms with Crippen molar-refractivity contribution in [1.82, 2.24) is 4.90 Å². The van der Waals surface area contributed by atoms with Gasteiger partial charge < -0.3 is 9.64 Å². The van der Waals surface area contributed by atoms with E-state index in [9.17, 15) is 9.59 Å². The molecule has 0 unspecified atom stereocenters. The van der Waals surface area contributed by atoms with Gasteiger partial charge in [-0.1, -0.05) is 42.5 Å². The Morgan fingerprint density at radius 3 is 2.54 bits per heavy atom. The molecule has 3 rings (SSSR count). The van der Waals surface area contributed by atoms with Crippen molar-refractivity contribution in [3.63, 3.8) is 0 Å². The Kier molecular flexibility index (Phi) is 5.40. The number of hydrogen-bond donors (Lipinski definition) is 0. The van der Waals surface area contributed by atoms with Crippen LogP contribution < -0.4 is 0 Å². The molecule has 1 atom stereocenters. The minimum Gasteiger partial charge on any atom is -0.452 e. The number of nitrogens with zero attached hydrogens (tertiary/aromatic N) is 1. The van der Waals surface area contributed by atoms with Gasteiger partial charge in [-0.05, 0) is 55.0 Å². The standard InChI is InChI=1S/C22H25NO3/c1-15-8-9-18(12-16(15)2)13-21(24)26-17(3)22(25)23-11-10-19-6-4-5-7-20(19)14-23/h4-9,12,17H,10-11,13-14H2,1-3H3/t17-/m1/s1. The van der Waals surface area contributed by atoms with Gasteiger partial charge in [-0.2, -0.15) is 0 Å². The van der Waals surface area contributed by atoms with E-state index in [0.29, 0.717) is 13.1 Å². The van der Waals surface area contributed by atoms with Crippen molar-refractivity contribution in [2.45, 2.75) is 46.3 Å². The van der Waals surface area contributed by atoms with Crippen LogP contribution in [0.2, 0.25) is 0 Å². The number of benzene rings is 2. The average molecular weight is 351 g/mol. The third-order valence-electron chi connectivity index (χ3n) is 5.02. The lowest BCUT2D eigenvalue weighted by Crippen LogP contribution is -2.42. The maximum atomic E-state index is 12.6. The van der Waals surface area contributed by atoms with Crippen molar-refractivity contribution in [3.8, 4) is 0 Å². The van der Waals surface area contributed by atoms with E-state index < -0.39 is 6.10 Å². The van der Waals surface area contributed by atoms with Gasteiger partial charge in [0.15, 0.2) is 6.10 Å². The van der Waals surface area contributed by atoms with Gasteiger partial charge >= 0.3 is 5.97 Å². The predicted molar refractivity (Wildman–Crippen MR) is 101 cm³/mol. The van der Waals surface area contributed by atoms with Crippen molar-refractivity contribution in [2.75, 3.05) is 6.54 Å². The molecule has 0 bridgehead atoms. The third-order valence-corrected chi connectivity index (χ3v) is 5.02. The predicted octanol–water partition coefficient (Wildman–Crippen LogP) is 3.36. The summed E-state index contributed by atoms with van der Waals surface area (Å²) >= 11 is 0. The molecule has 1 aliphatic heterocycles. The second kappa shape index (κ2) is 7.73. The van der Waals surface area contributed by atoms with Gasteiger partial charge in [0.05, 0.1) is 6.42 Å². The highest BCUT2D eigenvalue weighted by Gasteiger charge is 2.26. The number of carbonyl (C=O) groups excluding carboxylic acids is 2. The molecule has 0 spiro atoms. The van der Waals surface area contributed by atoms with Crippen LogP contribution in [0.25, 0.3) is 0 Å². The highest BCUT2D eigenvalue weighted by atomic mass is 16.5. The zero-order valence-electron chi connectivity index (χ0n) is 15.6. The number of esters is 1. The molecule has 1 heterocycles. The molecule has 2 aromatic rings. The summed E-state index contributed by atoms with van der Waals surface area (Å²) in [5, 5.41) is 0. The zero-order valence-corrected chi connectivity index (χ0v) is 15.6. The molecule has 26 heavy (non-hydrogen) atoms. The van der Waals surface area contributed by atoms with Crippen LogP contribution in [0.4, 0.5) is 0 Å². The normalized spacial score (nSPS) is 14.5. The first-order valence-corrected chi connectivity index (χ1v) is 9.05. The fourth-order valence-corrected chi connectivity index (χ4v) is 3.31. The number of rotatable bonds is 4. The molecule has 1 aliphatic rings. The Bertz CT molecular complexity index is 828. The van der Waals surface area contributed by atoms with Crippen LogP contribution >= 0.6 is 0 Å². The molecule has 4 heteroatoms. The summed E-state index contributed by atoms with van der Waals surface area (Å²) < 4.78 is 5.40. The lowest BCUT2D eigenvalue weighted by atomic mass is 9.99. The smallest absolute Gasteiger partial charge is 0.311 e. The Balaban J connectivity index is 1.57. The second-order valence-corrected chi connectivity index (χ2v) is 7.01. The van der Waals surface area contributed by atoms with Crippen LogP contribution in [0.5, 0.6) is 0 Å². The topological polar surface area (TPSA) is 46.6 Å². The Hall–Kier alpha value is -2.62. The molecular formula is C22H25NO3. The van der Waals surface area contributed by atoms with E-state index >= 15 is 0 Å². The van der Waals surface area contributed by atoms with E-state index in [2.05, 4.69) is 6.07 Å². The van der Waals surface area contributed by atoms with Gasteiger partial charge in [0.2, 0.25) is 0 Å². The minimum absolute atomic E-state index is 0.132. The van der Waals surface area contributed by atoms with E-state index in [-0.39, 0.29) is 18.3 Å². The quantitative estimate of drug-likeness (QED) is 0.794. The Morgan fingerprint density at radius 1 is 1.08 bits per heavy atom. The van der Waals surface area contributed by atoms with E-state index in [1.54, 1.807) is 11.8 Å². The molecule has 0 fully saturated rings. The fourth-order valence-electron chi connectivity index (χ4n) is 3.31. The summed E-state index contributed by atoms with van der Waals surface area (Å²) in [5.41, 5.74) is 5.70. The van der Waals surface area contributed by atoms with Gasteiger partial charge in [0, 0.05) is 13.1 Å². The zero-order chi connectivity index (χ0) is 18.7. The van der Waals surface area contributed by atoms with Gasteiger partial charge in [0.25, 0.3) is 5.91 Å². The van der Waals surface area contributed by atoms with Crippen LogP contribution in [0.3, 0.4) is 0 Å². The Labute approximate surface area is 154 Å². The van der Waals surface area contributed by atoms with Crippen LogP contribution in [0.1, 0.15) is 34.7 Å². The van der Waals surface area contributed by atoms with Gasteiger partial charge in [-0.15, -0.1) is 0 Å². The number of fused-ring (bicyclic) bond motifs is 1. The van der Waals surface area contributed by atoms with E-state index in [1.807, 2.05) is 50.2 Å². The molecular weight excluding hydrogens is 326 g/mol. The average Bonchev–Trinajstić information content (AvgIpc) is 2.63. The highest BCUT2D eigenvalue weighted by Crippen LogP contribution is 2.19. The number of aryl methyl sites for hydroxylation is 2. The van der Waals surface area contributed by atoms with Crippen molar-refractivity contribution in [2.24, 2.45) is 0 Å². The fraction of sp³-hybridized carbons (Fsp3) is 0.364. The maximum Gasteiger partial charge on any atom is 0.311 e. The van der Waals surface area contributed by atoms with Gasteiger partial charge in [-0.3, -0.25) is 9.59 Å². The van der Waals surface area contributed by atoms with E-state index in [0.717, 1.165) is 17.5 Å². The van der Waals surface area contributed by atoms with Crippen molar-refractivity contribution < 1.29 is 14.3 Å². The first kappa shape index (κ1) is 18.2. The van der Waals surface area contributed by atoms with Crippen LogP contribution in [0, 0.1) is 13.8 Å². The second-order valence-electron chi connectivity index (χ2n) is 7.01. The van der Waals surface area contributed by atoms with Gasteiger partial charge in [-0.25, -0.2) is 0 Å². The van der Waals surface area contributed by atoms with Crippen molar-refractivity contribution in [3.05, 3.63) is 70.3 Å². The highest BCUT2D eigenvalue weighted by molar-refractivity contribution is 5.84. The van der Waals surface area contributed by atoms with Gasteiger partial charge in [0.1, 0.15) is 0 Å². The summed E-state index contributed by atoms with van der Waals surface area (Å²) in [6, 6.07) is 14.1. The molecule has 0 saturated carbocycles. The maximum absolute atomic E-state index is 12.6. The molecule has 0 saturated heterocycles.